The molecule has 0 radical (unpaired) electrons. The van der Waals surface area contributed by atoms with Gasteiger partial charge in [0, 0.05) is 25.2 Å². The molecule has 0 spiro atoms. The van der Waals surface area contributed by atoms with Crippen LogP contribution in [0.3, 0.4) is 0 Å². The lowest BCUT2D eigenvalue weighted by molar-refractivity contribution is -0.384. The highest BCUT2D eigenvalue weighted by molar-refractivity contribution is 5.93. The number of H-pyrrole nitrogens is 1. The van der Waals surface area contributed by atoms with Crippen molar-refractivity contribution in [3.63, 3.8) is 0 Å². The molecular formula is C12H11N5O4. The van der Waals surface area contributed by atoms with Crippen LogP contribution in [0.15, 0.2) is 40.2 Å². The van der Waals surface area contributed by atoms with Gasteiger partial charge >= 0.3 is 0 Å². The third-order valence-corrected chi connectivity index (χ3v) is 2.62. The summed E-state index contributed by atoms with van der Waals surface area (Å²) < 4.78 is 1.28. The molecule has 0 aliphatic heterocycles. The number of non-ortho nitro benzene ring substituents is 1. The maximum Gasteiger partial charge on any atom is 0.289 e. The lowest BCUT2D eigenvalue weighted by Crippen LogP contribution is -2.20. The molecule has 1 heterocycles. The minimum Gasteiger partial charge on any atom is -0.283 e. The largest absolute Gasteiger partial charge is 0.289 e. The first-order valence-electron chi connectivity index (χ1n) is 5.81. The summed E-state index contributed by atoms with van der Waals surface area (Å²) in [6.45, 7) is 0. The van der Waals surface area contributed by atoms with E-state index in [9.17, 15) is 19.7 Å². The smallest absolute Gasteiger partial charge is 0.283 e. The van der Waals surface area contributed by atoms with E-state index in [4.69, 9.17) is 0 Å². The van der Waals surface area contributed by atoms with E-state index in [-0.39, 0.29) is 16.9 Å². The van der Waals surface area contributed by atoms with Crippen molar-refractivity contribution < 1.29 is 9.72 Å². The van der Waals surface area contributed by atoms with Gasteiger partial charge in [0.1, 0.15) is 5.69 Å². The van der Waals surface area contributed by atoms with Gasteiger partial charge in [-0.2, -0.15) is 5.10 Å². The van der Waals surface area contributed by atoms with Crippen LogP contribution in [-0.2, 0) is 7.05 Å². The van der Waals surface area contributed by atoms with Gasteiger partial charge < -0.3 is 0 Å². The Hall–Kier alpha value is -3.23. The zero-order valence-corrected chi connectivity index (χ0v) is 10.9. The molecule has 1 aromatic carbocycles. The number of benzene rings is 1. The van der Waals surface area contributed by atoms with Crippen LogP contribution in [0.5, 0.6) is 0 Å². The number of carbonyl (C=O) groups excluding carboxylic acids is 1. The lowest BCUT2D eigenvalue weighted by Gasteiger charge is -2.00. The maximum atomic E-state index is 11.7. The van der Waals surface area contributed by atoms with Crippen LogP contribution in [0.4, 0.5) is 5.69 Å². The second kappa shape index (κ2) is 5.82. The van der Waals surface area contributed by atoms with E-state index >= 15 is 0 Å². The van der Waals surface area contributed by atoms with Crippen LogP contribution in [0.1, 0.15) is 16.1 Å². The second-order valence-corrected chi connectivity index (χ2v) is 4.11. The molecule has 0 bridgehead atoms. The topological polar surface area (TPSA) is 122 Å². The van der Waals surface area contributed by atoms with Gasteiger partial charge in [-0.1, -0.05) is 0 Å². The molecule has 0 fully saturated rings. The van der Waals surface area contributed by atoms with Crippen LogP contribution in [0, 0.1) is 10.1 Å². The molecule has 0 saturated carbocycles. The second-order valence-electron chi connectivity index (χ2n) is 4.11. The summed E-state index contributed by atoms with van der Waals surface area (Å²) in [6, 6.07) is 6.81. The highest BCUT2D eigenvalue weighted by atomic mass is 16.6. The number of nitro benzene ring substituents is 1. The number of hydrogen-bond acceptors (Lipinski definition) is 5. The normalized spacial score (nSPS) is 10.7. The Balaban J connectivity index is 2.02. The van der Waals surface area contributed by atoms with Gasteiger partial charge in [-0.05, 0) is 17.7 Å². The molecule has 9 heteroatoms. The van der Waals surface area contributed by atoms with E-state index in [0.29, 0.717) is 5.56 Å². The molecule has 1 amide bonds. The number of nitrogens with one attached hydrogen (secondary N) is 2. The SMILES string of the molecule is Cn1[nH]c(=O)cc1C(=O)N/N=C\c1ccc([N+](=O)[O-])cc1. The van der Waals surface area contributed by atoms with Crippen molar-refractivity contribution in [1.82, 2.24) is 15.2 Å². The number of aryl methyl sites for hydroxylation is 1. The van der Waals surface area contributed by atoms with Crippen molar-refractivity contribution in [3.8, 4) is 0 Å². The first-order chi connectivity index (χ1) is 9.97. The molecule has 2 N–H and O–H groups in total. The molecule has 0 aliphatic carbocycles. The molecule has 9 nitrogen and oxygen atoms in total. The van der Waals surface area contributed by atoms with Crippen LogP contribution >= 0.6 is 0 Å². The Kier molecular flexibility index (Phi) is 3.93. The average Bonchev–Trinajstić information content (AvgIpc) is 2.78. The van der Waals surface area contributed by atoms with Crippen LogP contribution < -0.4 is 11.0 Å². The predicted octanol–water partition coefficient (Wildman–Crippen LogP) is 0.385. The van der Waals surface area contributed by atoms with Gasteiger partial charge in [0.05, 0.1) is 11.1 Å². The number of aromatic amines is 1. The fraction of sp³-hybridized carbons (Fsp3) is 0.0833. The third-order valence-electron chi connectivity index (χ3n) is 2.62. The van der Waals surface area contributed by atoms with Gasteiger partial charge in [0.15, 0.2) is 0 Å². The zero-order chi connectivity index (χ0) is 15.4. The Morgan fingerprint density at radius 1 is 1.43 bits per heavy atom. The van der Waals surface area contributed by atoms with Gasteiger partial charge in [-0.25, -0.2) is 5.43 Å². The molecule has 0 atom stereocenters. The minimum absolute atomic E-state index is 0.0292. The summed E-state index contributed by atoms with van der Waals surface area (Å²) in [4.78, 5) is 32.8. The monoisotopic (exact) mass is 289 g/mol. The van der Waals surface area contributed by atoms with Crippen molar-refractivity contribution in [1.29, 1.82) is 0 Å². The van der Waals surface area contributed by atoms with E-state index in [0.717, 1.165) is 6.07 Å². The van der Waals surface area contributed by atoms with Crippen LogP contribution in [0.25, 0.3) is 0 Å². The molecule has 2 aromatic rings. The van der Waals surface area contributed by atoms with E-state index in [1.54, 1.807) is 0 Å². The molecule has 21 heavy (non-hydrogen) atoms. The highest BCUT2D eigenvalue weighted by Crippen LogP contribution is 2.10. The summed E-state index contributed by atoms with van der Waals surface area (Å²) in [5.74, 6) is -0.547. The van der Waals surface area contributed by atoms with Crippen LogP contribution in [0.2, 0.25) is 0 Å². The number of hydrazone groups is 1. The Morgan fingerprint density at radius 3 is 2.62 bits per heavy atom. The number of rotatable bonds is 4. The summed E-state index contributed by atoms with van der Waals surface area (Å²) in [6.07, 6.45) is 1.34. The number of amides is 1. The van der Waals surface area contributed by atoms with Crippen molar-refractivity contribution in [2.24, 2.45) is 12.1 Å². The zero-order valence-electron chi connectivity index (χ0n) is 10.9. The van der Waals surface area contributed by atoms with E-state index in [2.05, 4.69) is 15.6 Å². The van der Waals surface area contributed by atoms with Crippen molar-refractivity contribution in [2.75, 3.05) is 0 Å². The molecule has 0 unspecified atom stereocenters. The first-order valence-corrected chi connectivity index (χ1v) is 5.81. The third kappa shape index (κ3) is 3.41. The van der Waals surface area contributed by atoms with Gasteiger partial charge in [0.25, 0.3) is 17.2 Å². The average molecular weight is 289 g/mol. The standard InChI is InChI=1S/C12H11N5O4/c1-16-10(6-11(18)15-16)12(19)14-13-7-8-2-4-9(5-3-8)17(20)21/h2-7H,1H3,(H,14,19)(H,15,18)/b13-7-. The van der Waals surface area contributed by atoms with Crippen molar-refractivity contribution in [3.05, 3.63) is 62.1 Å². The number of nitro groups is 1. The fourth-order valence-corrected chi connectivity index (χ4v) is 1.60. The molecule has 0 saturated heterocycles. The summed E-state index contributed by atoms with van der Waals surface area (Å²) in [5.41, 5.74) is 2.57. The number of carbonyl (C=O) groups is 1. The first kappa shape index (κ1) is 14.2. The quantitative estimate of drug-likeness (QED) is 0.480. The molecule has 0 aliphatic rings. The molecule has 108 valence electrons. The number of hydrogen-bond donors (Lipinski definition) is 2. The van der Waals surface area contributed by atoms with E-state index < -0.39 is 10.8 Å². The van der Waals surface area contributed by atoms with E-state index in [1.165, 1.54) is 42.2 Å². The Labute approximate surface area is 118 Å². The minimum atomic E-state index is -0.547. The molecular weight excluding hydrogens is 278 g/mol. The van der Waals surface area contributed by atoms with Crippen molar-refractivity contribution in [2.45, 2.75) is 0 Å². The summed E-state index contributed by atoms with van der Waals surface area (Å²) in [5, 5.41) is 16.6. The van der Waals surface area contributed by atoms with Gasteiger partial charge in [-0.15, -0.1) is 0 Å². The Bertz CT molecular complexity index is 757. The van der Waals surface area contributed by atoms with E-state index in [1.807, 2.05) is 0 Å². The van der Waals surface area contributed by atoms with Crippen LogP contribution in [-0.4, -0.2) is 26.8 Å². The Morgan fingerprint density at radius 2 is 2.10 bits per heavy atom. The summed E-state index contributed by atoms with van der Waals surface area (Å²) in [7, 11) is 1.52. The molecule has 1 aromatic heterocycles. The highest BCUT2D eigenvalue weighted by Gasteiger charge is 2.09. The predicted molar refractivity (Wildman–Crippen MR) is 74.2 cm³/mol. The maximum absolute atomic E-state index is 11.7. The lowest BCUT2D eigenvalue weighted by atomic mass is 10.2. The van der Waals surface area contributed by atoms with Gasteiger partial charge in [-0.3, -0.25) is 29.5 Å². The number of nitrogens with zero attached hydrogens (tertiary/aromatic N) is 3. The molecule has 2 rings (SSSR count). The van der Waals surface area contributed by atoms with Gasteiger partial charge in [0.2, 0.25) is 0 Å². The fourth-order valence-electron chi connectivity index (χ4n) is 1.60. The number of aromatic nitrogens is 2. The summed E-state index contributed by atoms with van der Waals surface area (Å²) >= 11 is 0. The van der Waals surface area contributed by atoms with Crippen molar-refractivity contribution >= 4 is 17.8 Å².